The van der Waals surface area contributed by atoms with Gasteiger partial charge in [0.05, 0.1) is 0 Å². The van der Waals surface area contributed by atoms with Crippen molar-refractivity contribution in [3.63, 3.8) is 0 Å². The molecule has 8 nitrogen and oxygen atoms in total. The van der Waals surface area contributed by atoms with Crippen molar-refractivity contribution in [2.75, 3.05) is 14.1 Å². The van der Waals surface area contributed by atoms with Gasteiger partial charge in [0.2, 0.25) is 0 Å². The summed E-state index contributed by atoms with van der Waals surface area (Å²) in [7, 11) is 3.14. The highest BCUT2D eigenvalue weighted by molar-refractivity contribution is 5.88. The van der Waals surface area contributed by atoms with Gasteiger partial charge in [0.1, 0.15) is 18.4 Å². The van der Waals surface area contributed by atoms with Crippen molar-refractivity contribution >= 4 is 18.0 Å². The van der Waals surface area contributed by atoms with Gasteiger partial charge in [-0.25, -0.2) is 14.4 Å². The fourth-order valence-electron chi connectivity index (χ4n) is 2.54. The average molecular weight is 256 g/mol. The van der Waals surface area contributed by atoms with Crippen molar-refractivity contribution in [3.8, 4) is 0 Å². The van der Waals surface area contributed by atoms with E-state index in [9.17, 15) is 14.4 Å². The lowest BCUT2D eigenvalue weighted by Gasteiger charge is -2.30. The van der Waals surface area contributed by atoms with Gasteiger partial charge in [-0.05, 0) is 6.42 Å². The number of hydrogen-bond acceptors (Lipinski definition) is 3. The van der Waals surface area contributed by atoms with E-state index in [0.717, 1.165) is 0 Å². The van der Waals surface area contributed by atoms with Crippen LogP contribution in [0.25, 0.3) is 0 Å². The van der Waals surface area contributed by atoms with E-state index in [2.05, 4.69) is 5.32 Å². The summed E-state index contributed by atoms with van der Waals surface area (Å²) in [5.41, 5.74) is 0. The average Bonchev–Trinajstić information content (AvgIpc) is 2.73. The summed E-state index contributed by atoms with van der Waals surface area (Å²) in [6, 6.07) is -1.62. The molecule has 3 unspecified atom stereocenters. The number of amides is 4. The normalized spacial score (nSPS) is 28.5. The van der Waals surface area contributed by atoms with Crippen molar-refractivity contribution in [2.45, 2.75) is 31.7 Å². The van der Waals surface area contributed by atoms with Gasteiger partial charge in [0, 0.05) is 14.1 Å². The predicted molar refractivity (Wildman–Crippen MR) is 60.6 cm³/mol. The van der Waals surface area contributed by atoms with E-state index in [-0.39, 0.29) is 12.5 Å². The molecule has 2 heterocycles. The molecule has 2 N–H and O–H groups in total. The Morgan fingerprint density at radius 2 is 2.00 bits per heavy atom. The van der Waals surface area contributed by atoms with E-state index in [1.165, 1.54) is 14.7 Å². The van der Waals surface area contributed by atoms with E-state index in [4.69, 9.17) is 5.11 Å². The molecule has 18 heavy (non-hydrogen) atoms. The van der Waals surface area contributed by atoms with E-state index in [1.54, 1.807) is 21.0 Å². The van der Waals surface area contributed by atoms with Crippen LogP contribution in [0.15, 0.2) is 0 Å². The molecular weight excluding hydrogens is 240 g/mol. The molecule has 4 amide bonds. The number of nitrogens with zero attached hydrogens (tertiary/aromatic N) is 3. The summed E-state index contributed by atoms with van der Waals surface area (Å²) >= 11 is 0. The lowest BCUT2D eigenvalue weighted by Crippen LogP contribution is -2.52. The Morgan fingerprint density at radius 1 is 1.39 bits per heavy atom. The van der Waals surface area contributed by atoms with Gasteiger partial charge in [0.15, 0.2) is 0 Å². The molecule has 2 aliphatic rings. The Morgan fingerprint density at radius 3 is 2.50 bits per heavy atom. The lowest BCUT2D eigenvalue weighted by atomic mass is 10.2. The fraction of sp³-hybridized carbons (Fsp3) is 0.700. The number of carboxylic acids is 1. The summed E-state index contributed by atoms with van der Waals surface area (Å²) in [6.45, 7) is 1.69. The minimum absolute atomic E-state index is 0.241. The van der Waals surface area contributed by atoms with Crippen LogP contribution in [-0.2, 0) is 4.79 Å². The first-order valence-electron chi connectivity index (χ1n) is 5.71. The predicted octanol–water partition coefficient (Wildman–Crippen LogP) is -0.476. The second-order valence-corrected chi connectivity index (χ2v) is 4.48. The third-order valence-electron chi connectivity index (χ3n) is 3.50. The topological polar surface area (TPSA) is 93.2 Å². The molecule has 0 radical (unpaired) electrons. The SMILES string of the molecule is CCC(C(=O)O)N1C(=O)NC2C1N(C)C(=O)N2C. The molecule has 2 aliphatic heterocycles. The summed E-state index contributed by atoms with van der Waals surface area (Å²) in [5.74, 6) is -1.07. The summed E-state index contributed by atoms with van der Waals surface area (Å²) in [5, 5.41) is 11.8. The number of carbonyl (C=O) groups is 3. The fourth-order valence-corrected chi connectivity index (χ4v) is 2.54. The van der Waals surface area contributed by atoms with Crippen molar-refractivity contribution in [2.24, 2.45) is 0 Å². The molecule has 0 aromatic heterocycles. The second-order valence-electron chi connectivity index (χ2n) is 4.48. The van der Waals surface area contributed by atoms with Crippen LogP contribution in [-0.4, -0.2) is 70.3 Å². The zero-order chi connectivity index (χ0) is 13.6. The largest absolute Gasteiger partial charge is 0.480 e. The Hall–Kier alpha value is -1.99. The zero-order valence-electron chi connectivity index (χ0n) is 10.5. The number of likely N-dealkylation sites (N-methyl/N-ethyl adjacent to an activating group) is 2. The number of aliphatic carboxylic acids is 1. The van der Waals surface area contributed by atoms with Crippen molar-refractivity contribution in [3.05, 3.63) is 0 Å². The van der Waals surface area contributed by atoms with Gasteiger partial charge in [-0.15, -0.1) is 0 Å². The van der Waals surface area contributed by atoms with Gasteiger partial charge in [-0.2, -0.15) is 0 Å². The molecule has 0 aromatic rings. The first kappa shape index (κ1) is 12.5. The maximum Gasteiger partial charge on any atom is 0.326 e. The van der Waals surface area contributed by atoms with E-state index >= 15 is 0 Å². The van der Waals surface area contributed by atoms with Crippen LogP contribution in [0.1, 0.15) is 13.3 Å². The van der Waals surface area contributed by atoms with E-state index < -0.39 is 30.4 Å². The standard InChI is InChI=1S/C10H16N4O4/c1-4-5(8(15)16)14-7-6(11-9(14)17)12(2)10(18)13(7)3/h5-7H,4H2,1-3H3,(H,11,17)(H,15,16). The minimum Gasteiger partial charge on any atom is -0.480 e. The molecule has 2 fully saturated rings. The Balaban J connectivity index is 2.34. The molecular formula is C10H16N4O4. The van der Waals surface area contributed by atoms with E-state index in [1.807, 2.05) is 0 Å². The minimum atomic E-state index is -1.07. The summed E-state index contributed by atoms with van der Waals surface area (Å²) in [4.78, 5) is 38.9. The van der Waals surface area contributed by atoms with Crippen molar-refractivity contribution in [1.82, 2.24) is 20.0 Å². The molecule has 2 rings (SSSR count). The van der Waals surface area contributed by atoms with Gasteiger partial charge in [0.25, 0.3) is 0 Å². The lowest BCUT2D eigenvalue weighted by molar-refractivity contribution is -0.143. The van der Waals surface area contributed by atoms with Crippen LogP contribution in [0.3, 0.4) is 0 Å². The molecule has 8 heteroatoms. The maximum absolute atomic E-state index is 11.9. The first-order chi connectivity index (χ1) is 8.40. The molecule has 3 atom stereocenters. The molecule has 0 aliphatic carbocycles. The molecule has 2 saturated heterocycles. The molecule has 0 bridgehead atoms. The monoisotopic (exact) mass is 256 g/mol. The van der Waals surface area contributed by atoms with Crippen LogP contribution in [0.5, 0.6) is 0 Å². The van der Waals surface area contributed by atoms with E-state index in [0.29, 0.717) is 0 Å². The number of fused-ring (bicyclic) bond motifs is 1. The Bertz CT molecular complexity index is 413. The zero-order valence-corrected chi connectivity index (χ0v) is 10.5. The van der Waals surface area contributed by atoms with Crippen LogP contribution >= 0.6 is 0 Å². The number of carbonyl (C=O) groups excluding carboxylic acids is 2. The molecule has 0 spiro atoms. The number of urea groups is 2. The smallest absolute Gasteiger partial charge is 0.326 e. The van der Waals surface area contributed by atoms with Crippen LogP contribution in [0, 0.1) is 0 Å². The Labute approximate surface area is 104 Å². The molecule has 0 saturated carbocycles. The summed E-state index contributed by atoms with van der Waals surface area (Å²) < 4.78 is 0. The van der Waals surface area contributed by atoms with Gasteiger partial charge in [-0.3, -0.25) is 4.90 Å². The third-order valence-corrected chi connectivity index (χ3v) is 3.50. The van der Waals surface area contributed by atoms with Crippen molar-refractivity contribution in [1.29, 1.82) is 0 Å². The van der Waals surface area contributed by atoms with Crippen LogP contribution in [0.4, 0.5) is 9.59 Å². The van der Waals surface area contributed by atoms with Gasteiger partial charge >= 0.3 is 18.0 Å². The molecule has 0 aromatic carbocycles. The number of rotatable bonds is 3. The number of hydrogen-bond donors (Lipinski definition) is 2. The Kier molecular flexibility index (Phi) is 2.80. The third kappa shape index (κ3) is 1.48. The van der Waals surface area contributed by atoms with Crippen molar-refractivity contribution < 1.29 is 19.5 Å². The highest BCUT2D eigenvalue weighted by atomic mass is 16.4. The van der Waals surface area contributed by atoms with Crippen LogP contribution in [0.2, 0.25) is 0 Å². The van der Waals surface area contributed by atoms with Crippen LogP contribution < -0.4 is 5.32 Å². The number of carboxylic acid groups (broad SMARTS) is 1. The highest BCUT2D eigenvalue weighted by Crippen LogP contribution is 2.29. The number of nitrogens with one attached hydrogen (secondary N) is 1. The quantitative estimate of drug-likeness (QED) is 0.713. The first-order valence-corrected chi connectivity index (χ1v) is 5.71. The van der Waals surface area contributed by atoms with Gasteiger partial charge in [-0.1, -0.05) is 6.92 Å². The van der Waals surface area contributed by atoms with Gasteiger partial charge < -0.3 is 20.2 Å². The second kappa shape index (κ2) is 4.04. The maximum atomic E-state index is 11.9. The molecule has 100 valence electrons. The summed E-state index contributed by atoms with van der Waals surface area (Å²) in [6.07, 6.45) is -0.781. The highest BCUT2D eigenvalue weighted by Gasteiger charge is 2.55.